The Morgan fingerprint density at radius 1 is 0.348 bits per heavy atom. The Hall–Kier alpha value is -0.200. The van der Waals surface area contributed by atoms with E-state index in [2.05, 4.69) is 52.6 Å². The van der Waals surface area contributed by atoms with Crippen LogP contribution in [0.25, 0.3) is 0 Å². The van der Waals surface area contributed by atoms with Crippen molar-refractivity contribution in [1.82, 2.24) is 24.9 Å². The van der Waals surface area contributed by atoms with Gasteiger partial charge >= 0.3 is 0 Å². The molecule has 1 fully saturated rings. The molecule has 0 aromatic carbocycles. The SMILES string of the molecule is CCCCCCCCCCCCCNCCN1CCN(CCN(CCCCCC)CCN(CCCCCC)CCCCCC)CC1. The molecule has 0 aliphatic carbocycles. The standard InChI is InChI=1S/C41H87N5/c1-5-9-13-17-18-19-20-21-22-23-24-28-42-29-33-45-37-40-46(41-38-45)39-36-44(32-27-16-12-8-4)35-34-43(30-25-14-10-6-2)31-26-15-11-7-3/h42H,5-41H2,1-4H3. The van der Waals surface area contributed by atoms with Crippen LogP contribution in [0.1, 0.15) is 175 Å². The Bertz CT molecular complexity index is 567. The predicted octanol–water partition coefficient (Wildman–Crippen LogP) is 9.85. The van der Waals surface area contributed by atoms with E-state index in [0.29, 0.717) is 0 Å². The highest BCUT2D eigenvalue weighted by Crippen LogP contribution is 2.12. The molecule has 0 atom stereocenters. The number of hydrogen-bond donors (Lipinski definition) is 1. The summed E-state index contributed by atoms with van der Waals surface area (Å²) in [4.78, 5) is 11.1. The van der Waals surface area contributed by atoms with Gasteiger partial charge in [-0.05, 0) is 51.9 Å². The predicted molar refractivity (Wildman–Crippen MR) is 208 cm³/mol. The molecule has 0 amide bonds. The van der Waals surface area contributed by atoms with Crippen molar-refractivity contribution in [2.45, 2.75) is 175 Å². The molecule has 1 saturated heterocycles. The molecule has 5 heteroatoms. The quantitative estimate of drug-likeness (QED) is 0.0682. The molecule has 0 radical (unpaired) electrons. The van der Waals surface area contributed by atoms with Gasteiger partial charge in [-0.2, -0.15) is 0 Å². The highest BCUT2D eigenvalue weighted by atomic mass is 15.3. The van der Waals surface area contributed by atoms with E-state index in [1.807, 2.05) is 0 Å². The van der Waals surface area contributed by atoms with Crippen LogP contribution in [-0.4, -0.2) is 111 Å². The molecule has 1 aliphatic heterocycles. The third kappa shape index (κ3) is 27.7. The maximum atomic E-state index is 3.74. The third-order valence-corrected chi connectivity index (χ3v) is 10.5. The van der Waals surface area contributed by atoms with Crippen LogP contribution in [0.2, 0.25) is 0 Å². The maximum absolute atomic E-state index is 3.74. The molecule has 5 nitrogen and oxygen atoms in total. The van der Waals surface area contributed by atoms with E-state index in [9.17, 15) is 0 Å². The van der Waals surface area contributed by atoms with E-state index in [-0.39, 0.29) is 0 Å². The number of unbranched alkanes of at least 4 members (excludes halogenated alkanes) is 19. The summed E-state index contributed by atoms with van der Waals surface area (Å²) in [7, 11) is 0. The lowest BCUT2D eigenvalue weighted by molar-refractivity contribution is 0.114. The van der Waals surface area contributed by atoms with E-state index in [1.54, 1.807) is 0 Å². The molecule has 0 aromatic heterocycles. The lowest BCUT2D eigenvalue weighted by Crippen LogP contribution is -2.50. The Balaban J connectivity index is 2.22. The molecule has 0 unspecified atom stereocenters. The summed E-state index contributed by atoms with van der Waals surface area (Å²) in [6.07, 6.45) is 32.3. The second-order valence-electron chi connectivity index (χ2n) is 14.8. The van der Waals surface area contributed by atoms with Gasteiger partial charge in [-0.1, -0.05) is 150 Å². The first kappa shape index (κ1) is 43.8. The van der Waals surface area contributed by atoms with Crippen LogP contribution in [0.15, 0.2) is 0 Å². The first-order valence-corrected chi connectivity index (χ1v) is 21.3. The third-order valence-electron chi connectivity index (χ3n) is 10.5. The molecule has 0 spiro atoms. The van der Waals surface area contributed by atoms with E-state index < -0.39 is 0 Å². The van der Waals surface area contributed by atoms with Crippen molar-refractivity contribution in [3.05, 3.63) is 0 Å². The van der Waals surface area contributed by atoms with Crippen LogP contribution in [0.4, 0.5) is 0 Å². The summed E-state index contributed by atoms with van der Waals surface area (Å²) in [6, 6.07) is 0. The minimum absolute atomic E-state index is 1.16. The fourth-order valence-electron chi connectivity index (χ4n) is 7.04. The van der Waals surface area contributed by atoms with E-state index >= 15 is 0 Å². The Kier molecular flexibility index (Phi) is 33.0. The smallest absolute Gasteiger partial charge is 0.0110 e. The van der Waals surface area contributed by atoms with Gasteiger partial charge in [-0.3, -0.25) is 9.80 Å². The van der Waals surface area contributed by atoms with Crippen LogP contribution in [0.5, 0.6) is 0 Å². The summed E-state index contributed by atoms with van der Waals surface area (Å²) in [5, 5.41) is 3.74. The average Bonchev–Trinajstić information content (AvgIpc) is 3.08. The minimum atomic E-state index is 1.16. The van der Waals surface area contributed by atoms with Crippen molar-refractivity contribution in [3.8, 4) is 0 Å². The number of nitrogens with one attached hydrogen (secondary N) is 1. The highest BCUT2D eigenvalue weighted by Gasteiger charge is 2.17. The van der Waals surface area contributed by atoms with Gasteiger partial charge < -0.3 is 15.1 Å². The molecule has 276 valence electrons. The second kappa shape index (κ2) is 34.7. The number of hydrogen-bond acceptors (Lipinski definition) is 5. The number of piperazine rings is 1. The average molecular weight is 650 g/mol. The molecule has 46 heavy (non-hydrogen) atoms. The molecule has 0 bridgehead atoms. The molecule has 1 N–H and O–H groups in total. The van der Waals surface area contributed by atoms with Gasteiger partial charge in [0.2, 0.25) is 0 Å². The van der Waals surface area contributed by atoms with Crippen LogP contribution in [0, 0.1) is 0 Å². The largest absolute Gasteiger partial charge is 0.315 e. The molecule has 0 saturated carbocycles. The summed E-state index contributed by atoms with van der Waals surface area (Å²) in [6.45, 7) is 26.9. The van der Waals surface area contributed by atoms with Crippen molar-refractivity contribution in [1.29, 1.82) is 0 Å². The zero-order chi connectivity index (χ0) is 33.2. The van der Waals surface area contributed by atoms with Gasteiger partial charge in [0.05, 0.1) is 0 Å². The molecule has 1 aliphatic rings. The molecule has 1 heterocycles. The monoisotopic (exact) mass is 650 g/mol. The van der Waals surface area contributed by atoms with Crippen LogP contribution in [0.3, 0.4) is 0 Å². The van der Waals surface area contributed by atoms with Crippen molar-refractivity contribution < 1.29 is 0 Å². The van der Waals surface area contributed by atoms with Crippen molar-refractivity contribution in [2.75, 3.05) is 91.6 Å². The zero-order valence-corrected chi connectivity index (χ0v) is 32.5. The van der Waals surface area contributed by atoms with Crippen molar-refractivity contribution >= 4 is 0 Å². The first-order valence-electron chi connectivity index (χ1n) is 21.3. The number of nitrogens with zero attached hydrogens (tertiary/aromatic N) is 4. The normalized spacial score (nSPS) is 14.7. The van der Waals surface area contributed by atoms with Crippen molar-refractivity contribution in [2.24, 2.45) is 0 Å². The van der Waals surface area contributed by atoms with Gasteiger partial charge in [-0.15, -0.1) is 0 Å². The second-order valence-corrected chi connectivity index (χ2v) is 14.8. The number of rotatable bonds is 36. The fraction of sp³-hybridized carbons (Fsp3) is 1.00. The van der Waals surface area contributed by atoms with E-state index in [1.165, 1.54) is 233 Å². The van der Waals surface area contributed by atoms with Crippen LogP contribution in [-0.2, 0) is 0 Å². The summed E-state index contributed by atoms with van der Waals surface area (Å²) in [5.74, 6) is 0. The summed E-state index contributed by atoms with van der Waals surface area (Å²) < 4.78 is 0. The lowest BCUT2D eigenvalue weighted by atomic mass is 10.1. The first-order chi connectivity index (χ1) is 22.7. The molecule has 1 rings (SSSR count). The van der Waals surface area contributed by atoms with Gasteiger partial charge in [-0.25, -0.2) is 0 Å². The topological polar surface area (TPSA) is 25.0 Å². The van der Waals surface area contributed by atoms with Gasteiger partial charge in [0.1, 0.15) is 0 Å². The van der Waals surface area contributed by atoms with Gasteiger partial charge in [0.15, 0.2) is 0 Å². The zero-order valence-electron chi connectivity index (χ0n) is 32.5. The Morgan fingerprint density at radius 2 is 0.696 bits per heavy atom. The van der Waals surface area contributed by atoms with Crippen LogP contribution >= 0.6 is 0 Å². The fourth-order valence-corrected chi connectivity index (χ4v) is 7.04. The molecular weight excluding hydrogens is 562 g/mol. The lowest BCUT2D eigenvalue weighted by Gasteiger charge is -2.36. The molecular formula is C41H87N5. The van der Waals surface area contributed by atoms with Crippen LogP contribution < -0.4 is 5.32 Å². The highest BCUT2D eigenvalue weighted by molar-refractivity contribution is 4.74. The van der Waals surface area contributed by atoms with Crippen molar-refractivity contribution in [3.63, 3.8) is 0 Å². The summed E-state index contributed by atoms with van der Waals surface area (Å²) >= 11 is 0. The van der Waals surface area contributed by atoms with E-state index in [0.717, 1.165) is 6.54 Å². The van der Waals surface area contributed by atoms with Gasteiger partial charge in [0, 0.05) is 65.4 Å². The molecule has 0 aromatic rings. The van der Waals surface area contributed by atoms with Gasteiger partial charge in [0.25, 0.3) is 0 Å². The van der Waals surface area contributed by atoms with E-state index in [4.69, 9.17) is 0 Å². The Morgan fingerprint density at radius 3 is 1.13 bits per heavy atom. The summed E-state index contributed by atoms with van der Waals surface area (Å²) in [5.41, 5.74) is 0. The Labute approximate surface area is 291 Å². The maximum Gasteiger partial charge on any atom is 0.0110 e. The minimum Gasteiger partial charge on any atom is -0.315 e.